The van der Waals surface area contributed by atoms with Crippen LogP contribution in [0.1, 0.15) is 13.8 Å². The minimum absolute atomic E-state index is 0.464. The quantitative estimate of drug-likeness (QED) is 0.398. The number of carbonyl (C=O) groups is 3. The zero-order valence-corrected chi connectivity index (χ0v) is 15.6. The Bertz CT molecular complexity index is 634. The van der Waals surface area contributed by atoms with E-state index in [1.807, 2.05) is 22.6 Å². The number of carboxylic acids is 1. The fourth-order valence-electron chi connectivity index (χ4n) is 2.37. The molecule has 1 aromatic carbocycles. The number of carbonyl (C=O) groups excluding carboxylic acids is 2. The van der Waals surface area contributed by atoms with Crippen molar-refractivity contribution in [2.24, 2.45) is 0 Å². The van der Waals surface area contributed by atoms with Crippen molar-refractivity contribution in [2.75, 3.05) is 0 Å². The van der Waals surface area contributed by atoms with Gasteiger partial charge >= 0.3 is 17.9 Å². The smallest absolute Gasteiger partial charge is 0.337 e. The number of hydrogen-bond acceptors (Lipinski definition) is 7. The topological polar surface area (TPSA) is 108 Å². The predicted molar refractivity (Wildman–Crippen MR) is 92.3 cm³/mol. The number of hydrogen-bond donors (Lipinski definition) is 1. The summed E-state index contributed by atoms with van der Waals surface area (Å²) in [6.07, 6.45) is -4.87. The third-order valence-electron chi connectivity index (χ3n) is 3.32. The Labute approximate surface area is 157 Å². The Kier molecular flexibility index (Phi) is 6.59. The molecule has 25 heavy (non-hydrogen) atoms. The highest BCUT2D eigenvalue weighted by atomic mass is 127. The van der Waals surface area contributed by atoms with Crippen LogP contribution >= 0.6 is 22.6 Å². The number of carboxylic acid groups (broad SMARTS) is 1. The summed E-state index contributed by atoms with van der Waals surface area (Å²) in [6, 6.07) is 8.66. The molecule has 9 heteroatoms. The third-order valence-corrected chi connectivity index (χ3v) is 4.62. The van der Waals surface area contributed by atoms with Crippen LogP contribution in [0.3, 0.4) is 0 Å². The molecule has 5 atom stereocenters. The summed E-state index contributed by atoms with van der Waals surface area (Å²) in [5.41, 5.74) is 0. The van der Waals surface area contributed by atoms with Crippen molar-refractivity contribution in [2.45, 2.75) is 42.4 Å². The first-order valence-electron chi connectivity index (χ1n) is 7.38. The molecule has 2 rings (SSSR count). The Hall–Kier alpha value is -1.88. The Balaban J connectivity index is 2.30. The van der Waals surface area contributed by atoms with Gasteiger partial charge in [-0.3, -0.25) is 9.59 Å². The fourth-order valence-corrected chi connectivity index (χ4v) is 3.25. The van der Waals surface area contributed by atoms with Gasteiger partial charge in [0.15, 0.2) is 18.3 Å². The molecule has 1 aliphatic rings. The molecule has 0 bridgehead atoms. The van der Waals surface area contributed by atoms with Crippen LogP contribution in [0.2, 0.25) is 0 Å². The summed E-state index contributed by atoms with van der Waals surface area (Å²) in [7, 11) is 0. The van der Waals surface area contributed by atoms with Gasteiger partial charge < -0.3 is 24.1 Å². The molecule has 0 amide bonds. The van der Waals surface area contributed by atoms with Crippen LogP contribution in [0.15, 0.2) is 30.3 Å². The molecule has 1 fully saturated rings. The molecule has 1 saturated heterocycles. The molecule has 0 saturated carbocycles. The second-order valence-electron chi connectivity index (χ2n) is 5.29. The average molecular weight is 464 g/mol. The van der Waals surface area contributed by atoms with Crippen LogP contribution in [0.4, 0.5) is 0 Å². The van der Waals surface area contributed by atoms with Crippen LogP contribution in [-0.2, 0) is 28.6 Å². The van der Waals surface area contributed by atoms with E-state index in [-0.39, 0.29) is 0 Å². The van der Waals surface area contributed by atoms with E-state index in [1.54, 1.807) is 30.3 Å². The van der Waals surface area contributed by atoms with Gasteiger partial charge in [-0.2, -0.15) is 0 Å². The molecule has 0 spiro atoms. The number of benzene rings is 1. The molecule has 1 aromatic rings. The zero-order chi connectivity index (χ0) is 18.6. The van der Waals surface area contributed by atoms with Crippen molar-refractivity contribution in [3.05, 3.63) is 30.3 Å². The lowest BCUT2D eigenvalue weighted by Crippen LogP contribution is -2.61. The minimum Gasteiger partial charge on any atom is -0.479 e. The van der Waals surface area contributed by atoms with E-state index in [2.05, 4.69) is 0 Å². The van der Waals surface area contributed by atoms with Crippen LogP contribution < -0.4 is 4.74 Å². The number of ether oxygens (including phenoxy) is 4. The largest absolute Gasteiger partial charge is 0.479 e. The van der Waals surface area contributed by atoms with Gasteiger partial charge in [0.05, 0.1) is 0 Å². The van der Waals surface area contributed by atoms with E-state index in [1.165, 1.54) is 6.92 Å². The van der Waals surface area contributed by atoms with E-state index < -0.39 is 46.4 Å². The van der Waals surface area contributed by atoms with Crippen LogP contribution in [-0.4, -0.2) is 51.5 Å². The van der Waals surface area contributed by atoms with Gasteiger partial charge in [0.25, 0.3) is 0 Å². The predicted octanol–water partition coefficient (Wildman–Crippen LogP) is 1.54. The Morgan fingerprint density at radius 1 is 1.04 bits per heavy atom. The molecular weight excluding hydrogens is 447 g/mol. The van der Waals surface area contributed by atoms with Gasteiger partial charge in [-0.1, -0.05) is 40.8 Å². The normalized spacial score (nSPS) is 28.7. The second kappa shape index (κ2) is 8.48. The van der Waals surface area contributed by atoms with E-state index in [4.69, 9.17) is 18.9 Å². The fraction of sp³-hybridized carbons (Fsp3) is 0.438. The van der Waals surface area contributed by atoms with E-state index in [0.29, 0.717) is 5.75 Å². The van der Waals surface area contributed by atoms with Crippen LogP contribution in [0.5, 0.6) is 5.75 Å². The highest BCUT2D eigenvalue weighted by molar-refractivity contribution is 14.1. The van der Waals surface area contributed by atoms with Crippen molar-refractivity contribution in [3.8, 4) is 5.75 Å². The SMILES string of the molecule is CC(=O)O[C@@H]1[C@@H](I)[C@@H](Oc2ccccc2)O[C@H](C(=O)O)[C@H]1OC(C)=O. The maximum absolute atomic E-state index is 11.6. The van der Waals surface area contributed by atoms with Gasteiger partial charge in [-0.25, -0.2) is 4.79 Å². The summed E-state index contributed by atoms with van der Waals surface area (Å²) in [5.74, 6) is -2.23. The molecule has 8 nitrogen and oxygen atoms in total. The first kappa shape index (κ1) is 19.4. The standard InChI is InChI=1S/C16H17IO8/c1-8(18)22-12-11(17)16(24-10-6-4-3-5-7-10)25-14(15(20)21)13(12)23-9(2)19/h3-7,11-14,16H,1-2H3,(H,20,21)/t11-,12-,13+,14+,16+/m1/s1. The third kappa shape index (κ3) is 5.05. The van der Waals surface area contributed by atoms with Crippen LogP contribution in [0.25, 0.3) is 0 Å². The lowest BCUT2D eigenvalue weighted by Gasteiger charge is -2.41. The molecule has 1 N–H and O–H groups in total. The molecule has 1 heterocycles. The van der Waals surface area contributed by atoms with Gasteiger partial charge in [0.2, 0.25) is 6.29 Å². The van der Waals surface area contributed by atoms with E-state index in [0.717, 1.165) is 6.92 Å². The van der Waals surface area contributed by atoms with Gasteiger partial charge in [-0.05, 0) is 12.1 Å². The lowest BCUT2D eigenvalue weighted by molar-refractivity contribution is -0.235. The second-order valence-corrected chi connectivity index (χ2v) is 6.73. The summed E-state index contributed by atoms with van der Waals surface area (Å²) >= 11 is 1.92. The van der Waals surface area contributed by atoms with Crippen molar-refractivity contribution in [1.29, 1.82) is 0 Å². The number of para-hydroxylation sites is 1. The number of alkyl halides is 1. The molecule has 0 radical (unpaired) electrons. The maximum atomic E-state index is 11.6. The number of rotatable bonds is 5. The lowest BCUT2D eigenvalue weighted by atomic mass is 10.0. The minimum atomic E-state index is -1.53. The average Bonchev–Trinajstić information content (AvgIpc) is 2.53. The van der Waals surface area contributed by atoms with Crippen molar-refractivity contribution in [3.63, 3.8) is 0 Å². The Morgan fingerprint density at radius 2 is 1.60 bits per heavy atom. The zero-order valence-electron chi connectivity index (χ0n) is 13.5. The molecular formula is C16H17IO8. The van der Waals surface area contributed by atoms with Crippen molar-refractivity contribution in [1.82, 2.24) is 0 Å². The highest BCUT2D eigenvalue weighted by Crippen LogP contribution is 2.32. The summed E-state index contributed by atoms with van der Waals surface area (Å²) in [5, 5.41) is 9.43. The van der Waals surface area contributed by atoms with E-state index in [9.17, 15) is 19.5 Å². The molecule has 0 aromatic heterocycles. The molecule has 136 valence electrons. The highest BCUT2D eigenvalue weighted by Gasteiger charge is 2.52. The molecule has 1 aliphatic heterocycles. The van der Waals surface area contributed by atoms with Gasteiger partial charge in [0.1, 0.15) is 9.67 Å². The number of halogens is 1. The molecule has 0 aliphatic carbocycles. The van der Waals surface area contributed by atoms with Crippen LogP contribution in [0, 0.1) is 0 Å². The van der Waals surface area contributed by atoms with Gasteiger partial charge in [-0.15, -0.1) is 0 Å². The van der Waals surface area contributed by atoms with Crippen molar-refractivity contribution >= 4 is 40.5 Å². The first-order chi connectivity index (χ1) is 11.8. The summed E-state index contributed by atoms with van der Waals surface area (Å²) in [6.45, 7) is 2.32. The Morgan fingerprint density at radius 3 is 2.12 bits per heavy atom. The first-order valence-corrected chi connectivity index (χ1v) is 8.62. The number of aliphatic carboxylic acids is 1. The summed E-state index contributed by atoms with van der Waals surface area (Å²) in [4.78, 5) is 34.3. The van der Waals surface area contributed by atoms with Gasteiger partial charge in [0, 0.05) is 13.8 Å². The number of esters is 2. The maximum Gasteiger partial charge on any atom is 0.337 e. The van der Waals surface area contributed by atoms with E-state index >= 15 is 0 Å². The van der Waals surface area contributed by atoms with Crippen molar-refractivity contribution < 1.29 is 38.4 Å². The molecule has 0 unspecified atom stereocenters. The monoisotopic (exact) mass is 464 g/mol. The summed E-state index contributed by atoms with van der Waals surface area (Å²) < 4.78 is 20.9.